The van der Waals surface area contributed by atoms with Crippen LogP contribution in [-0.2, 0) is 11.8 Å². The summed E-state index contributed by atoms with van der Waals surface area (Å²) in [6, 6.07) is 0.250. The second kappa shape index (κ2) is 5.34. The lowest BCUT2D eigenvalue weighted by molar-refractivity contribution is 0.0219. The first-order valence-electron chi connectivity index (χ1n) is 6.99. The fourth-order valence-corrected chi connectivity index (χ4v) is 2.39. The lowest BCUT2D eigenvalue weighted by atomic mass is 10.2. The Morgan fingerprint density at radius 1 is 1.40 bits per heavy atom. The van der Waals surface area contributed by atoms with Gasteiger partial charge in [0.05, 0.1) is 11.9 Å². The maximum atomic E-state index is 12.1. The number of aromatic nitrogens is 2. The van der Waals surface area contributed by atoms with Crippen LogP contribution in [0.2, 0.25) is 0 Å². The maximum Gasteiger partial charge on any atom is 0.410 e. The molecule has 0 bridgehead atoms. The lowest BCUT2D eigenvalue weighted by Gasteiger charge is -2.40. The van der Waals surface area contributed by atoms with E-state index in [1.807, 2.05) is 40.2 Å². The van der Waals surface area contributed by atoms with Crippen LogP contribution in [0.5, 0.6) is 0 Å². The number of hydrogen-bond donors (Lipinski definition) is 0. The molecule has 1 amide bonds. The molecule has 1 fully saturated rings. The molecule has 0 radical (unpaired) electrons. The van der Waals surface area contributed by atoms with Crippen molar-refractivity contribution in [2.45, 2.75) is 39.3 Å². The normalized spacial score (nSPS) is 20.1. The van der Waals surface area contributed by atoms with E-state index in [1.165, 1.54) is 0 Å². The summed E-state index contributed by atoms with van der Waals surface area (Å²) in [7, 11) is 1.91. The highest BCUT2D eigenvalue weighted by Gasteiger charge is 2.30. The average Bonchev–Trinajstić information content (AvgIpc) is 2.73. The van der Waals surface area contributed by atoms with Gasteiger partial charge in [0.2, 0.25) is 0 Å². The van der Waals surface area contributed by atoms with E-state index in [0.717, 1.165) is 12.2 Å². The quantitative estimate of drug-likeness (QED) is 0.788. The van der Waals surface area contributed by atoms with E-state index < -0.39 is 5.60 Å². The summed E-state index contributed by atoms with van der Waals surface area (Å²) >= 11 is 0. The lowest BCUT2D eigenvalue weighted by Crippen LogP contribution is -2.54. The number of amides is 1. The van der Waals surface area contributed by atoms with Crippen molar-refractivity contribution in [2.24, 2.45) is 7.05 Å². The zero-order valence-corrected chi connectivity index (χ0v) is 13.0. The Morgan fingerprint density at radius 2 is 2.10 bits per heavy atom. The Bertz CT molecular complexity index is 478. The molecule has 2 heterocycles. The van der Waals surface area contributed by atoms with Crippen molar-refractivity contribution in [3.8, 4) is 0 Å². The smallest absolute Gasteiger partial charge is 0.410 e. The molecule has 0 spiro atoms. The minimum Gasteiger partial charge on any atom is -0.444 e. The molecule has 1 saturated heterocycles. The van der Waals surface area contributed by atoms with Gasteiger partial charge in [-0.3, -0.25) is 4.68 Å². The molecule has 1 aromatic rings. The van der Waals surface area contributed by atoms with Crippen molar-refractivity contribution in [3.63, 3.8) is 0 Å². The first kappa shape index (κ1) is 14.7. The third-order valence-electron chi connectivity index (χ3n) is 3.30. The fraction of sp³-hybridized carbons (Fsp3) is 0.714. The van der Waals surface area contributed by atoms with Gasteiger partial charge in [0.1, 0.15) is 5.60 Å². The largest absolute Gasteiger partial charge is 0.444 e. The summed E-state index contributed by atoms with van der Waals surface area (Å²) < 4.78 is 7.22. The second-order valence-electron chi connectivity index (χ2n) is 6.34. The van der Waals surface area contributed by atoms with Gasteiger partial charge in [-0.1, -0.05) is 0 Å². The van der Waals surface area contributed by atoms with E-state index in [4.69, 9.17) is 4.74 Å². The van der Waals surface area contributed by atoms with Gasteiger partial charge in [-0.25, -0.2) is 4.79 Å². The van der Waals surface area contributed by atoms with Crippen molar-refractivity contribution in [1.29, 1.82) is 0 Å². The maximum absolute atomic E-state index is 12.1. The van der Waals surface area contributed by atoms with Gasteiger partial charge in [0.25, 0.3) is 0 Å². The van der Waals surface area contributed by atoms with Crippen LogP contribution in [0.15, 0.2) is 12.4 Å². The molecule has 1 atom stereocenters. The third kappa shape index (κ3) is 3.43. The third-order valence-corrected chi connectivity index (χ3v) is 3.30. The van der Waals surface area contributed by atoms with E-state index in [2.05, 4.69) is 16.9 Å². The van der Waals surface area contributed by atoms with Crippen LogP contribution < -0.4 is 4.90 Å². The Kier molecular flexibility index (Phi) is 3.92. The fourth-order valence-electron chi connectivity index (χ4n) is 2.39. The van der Waals surface area contributed by atoms with Gasteiger partial charge in [-0.15, -0.1) is 0 Å². The minimum atomic E-state index is -0.444. The zero-order valence-electron chi connectivity index (χ0n) is 13.0. The molecule has 0 aromatic carbocycles. The van der Waals surface area contributed by atoms with Gasteiger partial charge in [0, 0.05) is 38.9 Å². The monoisotopic (exact) mass is 280 g/mol. The Labute approximate surface area is 120 Å². The minimum absolute atomic E-state index is 0.227. The molecule has 2 rings (SSSR count). The van der Waals surface area contributed by atoms with E-state index in [9.17, 15) is 4.79 Å². The molecule has 6 nitrogen and oxygen atoms in total. The van der Waals surface area contributed by atoms with Crippen LogP contribution >= 0.6 is 0 Å². The van der Waals surface area contributed by atoms with Gasteiger partial charge in [0.15, 0.2) is 0 Å². The number of hydrogen-bond acceptors (Lipinski definition) is 4. The molecule has 1 aromatic heterocycles. The first-order chi connectivity index (χ1) is 9.26. The predicted octanol–water partition coefficient (Wildman–Crippen LogP) is 1.87. The Balaban J connectivity index is 1.97. The van der Waals surface area contributed by atoms with Crippen LogP contribution in [0.4, 0.5) is 10.5 Å². The van der Waals surface area contributed by atoms with E-state index in [0.29, 0.717) is 13.1 Å². The Hall–Kier alpha value is -1.72. The number of ether oxygens (including phenoxy) is 1. The number of aryl methyl sites for hydroxylation is 1. The van der Waals surface area contributed by atoms with Crippen molar-refractivity contribution < 1.29 is 9.53 Å². The highest BCUT2D eigenvalue weighted by Crippen LogP contribution is 2.20. The van der Waals surface area contributed by atoms with Crippen LogP contribution in [-0.4, -0.2) is 52.1 Å². The van der Waals surface area contributed by atoms with Gasteiger partial charge in [-0.2, -0.15) is 5.10 Å². The molecule has 20 heavy (non-hydrogen) atoms. The zero-order chi connectivity index (χ0) is 14.9. The molecule has 1 aliphatic rings. The van der Waals surface area contributed by atoms with Crippen LogP contribution in [0.3, 0.4) is 0 Å². The van der Waals surface area contributed by atoms with Gasteiger partial charge in [-0.05, 0) is 27.7 Å². The summed E-state index contributed by atoms with van der Waals surface area (Å²) in [5.41, 5.74) is 0.657. The molecule has 0 unspecified atom stereocenters. The number of carbonyl (C=O) groups is 1. The van der Waals surface area contributed by atoms with Crippen molar-refractivity contribution in [1.82, 2.24) is 14.7 Å². The number of nitrogens with zero attached hydrogens (tertiary/aromatic N) is 4. The van der Waals surface area contributed by atoms with Crippen molar-refractivity contribution >= 4 is 11.8 Å². The molecule has 0 N–H and O–H groups in total. The van der Waals surface area contributed by atoms with Crippen molar-refractivity contribution in [3.05, 3.63) is 12.4 Å². The molecular formula is C14H24N4O2. The molecule has 0 saturated carbocycles. The molecule has 1 aliphatic heterocycles. The summed E-state index contributed by atoms with van der Waals surface area (Å²) in [5, 5.41) is 4.20. The summed E-state index contributed by atoms with van der Waals surface area (Å²) in [6.07, 6.45) is 3.63. The summed E-state index contributed by atoms with van der Waals surface area (Å²) in [5.74, 6) is 0. The van der Waals surface area contributed by atoms with E-state index in [-0.39, 0.29) is 12.1 Å². The SMILES string of the molecule is C[C@H]1CN(C(=O)OC(C)(C)C)CCN1c1cnn(C)c1. The van der Waals surface area contributed by atoms with E-state index >= 15 is 0 Å². The molecule has 112 valence electrons. The number of anilines is 1. The highest BCUT2D eigenvalue weighted by molar-refractivity contribution is 5.68. The average molecular weight is 280 g/mol. The summed E-state index contributed by atoms with van der Waals surface area (Å²) in [6.45, 7) is 9.92. The van der Waals surface area contributed by atoms with Crippen LogP contribution in [0.1, 0.15) is 27.7 Å². The highest BCUT2D eigenvalue weighted by atomic mass is 16.6. The first-order valence-corrected chi connectivity index (χ1v) is 6.99. The van der Waals surface area contributed by atoms with Gasteiger partial charge >= 0.3 is 6.09 Å². The topological polar surface area (TPSA) is 50.6 Å². The Morgan fingerprint density at radius 3 is 2.60 bits per heavy atom. The molecular weight excluding hydrogens is 256 g/mol. The predicted molar refractivity (Wildman–Crippen MR) is 77.8 cm³/mol. The van der Waals surface area contributed by atoms with Gasteiger partial charge < -0.3 is 14.5 Å². The standard InChI is InChI=1S/C14H24N4O2/c1-11-9-17(13(19)20-14(2,3)4)6-7-18(11)12-8-15-16(5)10-12/h8,10-11H,6-7,9H2,1-5H3/t11-/m0/s1. The number of carbonyl (C=O) groups excluding carboxylic acids is 1. The molecule has 6 heteroatoms. The van der Waals surface area contributed by atoms with Crippen LogP contribution in [0, 0.1) is 0 Å². The van der Waals surface area contributed by atoms with Crippen molar-refractivity contribution in [2.75, 3.05) is 24.5 Å². The number of rotatable bonds is 1. The second-order valence-corrected chi connectivity index (χ2v) is 6.34. The summed E-state index contributed by atoms with van der Waals surface area (Å²) in [4.78, 5) is 16.1. The number of piperazine rings is 1. The van der Waals surface area contributed by atoms with E-state index in [1.54, 1.807) is 9.58 Å². The molecule has 0 aliphatic carbocycles. The van der Waals surface area contributed by atoms with Crippen LogP contribution in [0.25, 0.3) is 0 Å².